The molecule has 5 heteroatoms. The Morgan fingerprint density at radius 1 is 1.53 bits per heavy atom. The highest BCUT2D eigenvalue weighted by molar-refractivity contribution is 6.33. The van der Waals surface area contributed by atoms with Gasteiger partial charge >= 0.3 is 0 Å². The molecule has 0 radical (unpaired) electrons. The smallest absolute Gasteiger partial charge is 0.175 e. The second kappa shape index (κ2) is 5.12. The number of hydroxylamine groups is 1. The topological polar surface area (TPSA) is 44.7 Å². The Morgan fingerprint density at radius 2 is 2.29 bits per heavy atom. The molecule has 4 nitrogen and oxygen atoms in total. The summed E-state index contributed by atoms with van der Waals surface area (Å²) < 4.78 is 0. The Morgan fingerprint density at radius 3 is 2.88 bits per heavy atom. The molecule has 1 aromatic rings. The lowest BCUT2D eigenvalue weighted by atomic mass is 10.0. The van der Waals surface area contributed by atoms with Gasteiger partial charge in [-0.1, -0.05) is 37.9 Å². The number of nitrogens with one attached hydrogen (secondary N) is 1. The Labute approximate surface area is 106 Å². The van der Waals surface area contributed by atoms with E-state index in [0.29, 0.717) is 16.7 Å². The molecule has 0 amide bonds. The van der Waals surface area contributed by atoms with Crippen LogP contribution in [0.5, 0.6) is 5.75 Å². The molecule has 0 aliphatic carbocycles. The fourth-order valence-electron chi connectivity index (χ4n) is 1.84. The first-order valence-electron chi connectivity index (χ1n) is 5.80. The number of halogens is 1. The first-order valence-corrected chi connectivity index (χ1v) is 6.18. The van der Waals surface area contributed by atoms with Gasteiger partial charge in [-0.05, 0) is 23.2 Å². The molecule has 0 spiro atoms. The number of hydrazine groups is 1. The first kappa shape index (κ1) is 12.5. The van der Waals surface area contributed by atoms with Gasteiger partial charge in [-0.15, -0.1) is 0 Å². The Kier molecular flexibility index (Phi) is 3.76. The van der Waals surface area contributed by atoms with E-state index in [1.807, 2.05) is 12.1 Å². The maximum Gasteiger partial charge on any atom is 0.175 e. The van der Waals surface area contributed by atoms with Crippen LogP contribution >= 0.6 is 11.6 Å². The van der Waals surface area contributed by atoms with Crippen molar-refractivity contribution in [3.05, 3.63) is 23.2 Å². The van der Waals surface area contributed by atoms with E-state index in [9.17, 15) is 5.11 Å². The summed E-state index contributed by atoms with van der Waals surface area (Å²) in [5, 5.41) is 11.6. The number of aliphatic hydroxyl groups excluding tert-OH is 1. The third-order valence-electron chi connectivity index (χ3n) is 3.18. The molecular weight excluding hydrogens is 240 g/mol. The summed E-state index contributed by atoms with van der Waals surface area (Å²) in [5.41, 5.74) is 3.85. The molecule has 94 valence electrons. The van der Waals surface area contributed by atoms with Crippen LogP contribution in [0.2, 0.25) is 5.02 Å². The van der Waals surface area contributed by atoms with Crippen LogP contribution in [0.25, 0.3) is 0 Å². The van der Waals surface area contributed by atoms with Crippen molar-refractivity contribution in [2.75, 3.05) is 12.0 Å². The molecular formula is C12H17ClN2O2. The molecule has 0 saturated carbocycles. The number of benzene rings is 1. The molecule has 1 aliphatic rings. The van der Waals surface area contributed by atoms with Crippen LogP contribution in [-0.4, -0.2) is 22.9 Å². The van der Waals surface area contributed by atoms with Crippen LogP contribution in [0.15, 0.2) is 18.2 Å². The third kappa shape index (κ3) is 2.34. The lowest BCUT2D eigenvalue weighted by molar-refractivity contribution is -0.0881. The molecule has 1 aliphatic heterocycles. The summed E-state index contributed by atoms with van der Waals surface area (Å²) in [4.78, 5) is 5.64. The summed E-state index contributed by atoms with van der Waals surface area (Å²) in [6.45, 7) is 4.20. The normalized spacial score (nSPS) is 18.1. The highest BCUT2D eigenvalue weighted by atomic mass is 35.5. The Balaban J connectivity index is 2.16. The summed E-state index contributed by atoms with van der Waals surface area (Å²) >= 11 is 6.06. The average molecular weight is 257 g/mol. The van der Waals surface area contributed by atoms with E-state index < -0.39 is 0 Å². The van der Waals surface area contributed by atoms with Crippen molar-refractivity contribution in [2.24, 2.45) is 5.92 Å². The van der Waals surface area contributed by atoms with Crippen LogP contribution < -0.4 is 10.3 Å². The Bertz CT molecular complexity index is 400. The molecule has 2 N–H and O–H groups in total. The molecule has 2 atom stereocenters. The number of para-hydroxylation sites is 1. The van der Waals surface area contributed by atoms with Crippen molar-refractivity contribution in [3.63, 3.8) is 0 Å². The van der Waals surface area contributed by atoms with Crippen molar-refractivity contribution in [2.45, 2.75) is 26.3 Å². The fourth-order valence-corrected chi connectivity index (χ4v) is 2.04. The Hall–Kier alpha value is -0.970. The van der Waals surface area contributed by atoms with Crippen LogP contribution in [-0.2, 0) is 0 Å². The van der Waals surface area contributed by atoms with Gasteiger partial charge in [0.15, 0.2) is 5.75 Å². The minimum atomic E-state index is -0.0940. The highest BCUT2D eigenvalue weighted by Gasteiger charge is 2.31. The zero-order chi connectivity index (χ0) is 12.4. The number of hydrogen-bond donors (Lipinski definition) is 2. The summed E-state index contributed by atoms with van der Waals surface area (Å²) in [7, 11) is 0. The summed E-state index contributed by atoms with van der Waals surface area (Å²) in [6.07, 6.45) is 0.969. The molecule has 0 fully saturated rings. The zero-order valence-corrected chi connectivity index (χ0v) is 10.7. The van der Waals surface area contributed by atoms with E-state index in [0.717, 1.165) is 12.1 Å². The molecule has 1 heterocycles. The predicted molar refractivity (Wildman–Crippen MR) is 67.9 cm³/mol. The van der Waals surface area contributed by atoms with Gasteiger partial charge in [0.05, 0.1) is 17.7 Å². The average Bonchev–Trinajstić information content (AvgIpc) is 2.75. The zero-order valence-electron chi connectivity index (χ0n) is 9.98. The summed E-state index contributed by atoms with van der Waals surface area (Å²) in [6, 6.07) is 5.39. The maximum atomic E-state index is 9.44. The van der Waals surface area contributed by atoms with Gasteiger partial charge in [0.2, 0.25) is 0 Å². The molecule has 0 bridgehead atoms. The lowest BCUT2D eigenvalue weighted by Gasteiger charge is -2.28. The van der Waals surface area contributed by atoms with E-state index in [-0.39, 0.29) is 12.6 Å². The number of nitrogens with zero attached hydrogens (tertiary/aromatic N) is 1. The molecule has 0 unspecified atom stereocenters. The number of hydrogen-bond acceptors (Lipinski definition) is 4. The standard InChI is InChI=1S/C12H17ClN2O2/c1-3-8(2)10(7-16)15-14-12-9(13)5-4-6-11(12)17-15/h4-6,8,10,14,16H,3,7H2,1-2H3/t8-,10+/m0/s1. The molecule has 0 aromatic heterocycles. The van der Waals surface area contributed by atoms with E-state index >= 15 is 0 Å². The third-order valence-corrected chi connectivity index (χ3v) is 3.50. The number of aliphatic hydroxyl groups is 1. The largest absolute Gasteiger partial charge is 0.395 e. The minimum absolute atomic E-state index is 0.0353. The SMILES string of the molecule is CC[C@H](C)[C@@H](CO)N1Nc2c(Cl)cccc2O1. The molecule has 1 aromatic carbocycles. The fraction of sp³-hybridized carbons (Fsp3) is 0.500. The van der Waals surface area contributed by atoms with Crippen LogP contribution in [0, 0.1) is 5.92 Å². The monoisotopic (exact) mass is 256 g/mol. The van der Waals surface area contributed by atoms with Crippen molar-refractivity contribution in [3.8, 4) is 5.75 Å². The maximum absolute atomic E-state index is 9.44. The molecule has 0 saturated heterocycles. The highest BCUT2D eigenvalue weighted by Crippen LogP contribution is 2.38. The first-order chi connectivity index (χ1) is 8.17. The summed E-state index contributed by atoms with van der Waals surface area (Å²) in [5.74, 6) is 1.01. The van der Waals surface area contributed by atoms with Crippen molar-refractivity contribution in [1.29, 1.82) is 0 Å². The van der Waals surface area contributed by atoms with Gasteiger partial charge in [-0.2, -0.15) is 0 Å². The van der Waals surface area contributed by atoms with E-state index in [1.165, 1.54) is 0 Å². The molecule has 2 rings (SSSR count). The van der Waals surface area contributed by atoms with E-state index in [1.54, 1.807) is 11.2 Å². The van der Waals surface area contributed by atoms with Gasteiger partial charge in [0, 0.05) is 0 Å². The van der Waals surface area contributed by atoms with Crippen LogP contribution in [0.4, 0.5) is 5.69 Å². The number of anilines is 1. The molecule has 17 heavy (non-hydrogen) atoms. The van der Waals surface area contributed by atoms with Crippen molar-refractivity contribution < 1.29 is 9.94 Å². The minimum Gasteiger partial charge on any atom is -0.395 e. The van der Waals surface area contributed by atoms with Gasteiger partial charge < -0.3 is 9.94 Å². The second-order valence-electron chi connectivity index (χ2n) is 4.28. The van der Waals surface area contributed by atoms with E-state index in [2.05, 4.69) is 19.3 Å². The van der Waals surface area contributed by atoms with Gasteiger partial charge in [-0.3, -0.25) is 5.43 Å². The van der Waals surface area contributed by atoms with Crippen molar-refractivity contribution in [1.82, 2.24) is 5.17 Å². The van der Waals surface area contributed by atoms with Crippen LogP contribution in [0.1, 0.15) is 20.3 Å². The van der Waals surface area contributed by atoms with E-state index in [4.69, 9.17) is 16.4 Å². The number of rotatable bonds is 4. The predicted octanol–water partition coefficient (Wildman–Crippen LogP) is 2.68. The lowest BCUT2D eigenvalue weighted by Crippen LogP contribution is -2.45. The second-order valence-corrected chi connectivity index (χ2v) is 4.68. The van der Waals surface area contributed by atoms with Crippen LogP contribution in [0.3, 0.4) is 0 Å². The van der Waals surface area contributed by atoms with Gasteiger partial charge in [0.1, 0.15) is 5.69 Å². The van der Waals surface area contributed by atoms with Gasteiger partial charge in [0.25, 0.3) is 0 Å². The van der Waals surface area contributed by atoms with Crippen molar-refractivity contribution >= 4 is 17.3 Å². The quantitative estimate of drug-likeness (QED) is 0.870. The van der Waals surface area contributed by atoms with Gasteiger partial charge in [-0.25, -0.2) is 0 Å². The number of fused-ring (bicyclic) bond motifs is 1.